The fourth-order valence-electron chi connectivity index (χ4n) is 2.47. The molecule has 0 amide bonds. The lowest BCUT2D eigenvalue weighted by Crippen LogP contribution is -2.37. The van der Waals surface area contributed by atoms with Crippen LogP contribution in [-0.2, 0) is 0 Å². The van der Waals surface area contributed by atoms with Gasteiger partial charge in [-0.2, -0.15) is 0 Å². The lowest BCUT2D eigenvalue weighted by Gasteiger charge is -2.24. The van der Waals surface area contributed by atoms with E-state index in [1.54, 1.807) is 0 Å². The summed E-state index contributed by atoms with van der Waals surface area (Å²) in [5, 5.41) is 3.25. The molecule has 0 atom stereocenters. The zero-order valence-corrected chi connectivity index (χ0v) is 7.64. The second kappa shape index (κ2) is 2.60. The van der Waals surface area contributed by atoms with Gasteiger partial charge in [-0.25, -0.2) is 4.39 Å². The Kier molecular flexibility index (Phi) is 2.19. The average molecular weight is 180 g/mol. The molecule has 66 valence electrons. The second-order valence-corrected chi connectivity index (χ2v) is 3.86. The minimum atomic E-state index is -0.789. The van der Waals surface area contributed by atoms with Crippen molar-refractivity contribution in [1.82, 2.24) is 5.32 Å². The predicted molar refractivity (Wildman–Crippen MR) is 46.0 cm³/mol. The van der Waals surface area contributed by atoms with Crippen LogP contribution in [0.1, 0.15) is 32.1 Å². The van der Waals surface area contributed by atoms with Crippen LogP contribution in [0.25, 0.3) is 0 Å². The number of hydrogen-bond donors (Lipinski definition) is 1. The summed E-state index contributed by atoms with van der Waals surface area (Å²) in [5.74, 6) is 0. The largest absolute Gasteiger partial charge is 0.314 e. The van der Waals surface area contributed by atoms with Gasteiger partial charge in [0.1, 0.15) is 5.67 Å². The van der Waals surface area contributed by atoms with Gasteiger partial charge in [0.2, 0.25) is 0 Å². The van der Waals surface area contributed by atoms with Gasteiger partial charge in [-0.3, -0.25) is 0 Å². The van der Waals surface area contributed by atoms with Crippen LogP contribution < -0.4 is 5.32 Å². The zero-order valence-electron chi connectivity index (χ0n) is 6.82. The molecule has 0 spiro atoms. The molecule has 1 nitrogen and oxygen atoms in total. The molecule has 0 heterocycles. The van der Waals surface area contributed by atoms with E-state index >= 15 is 0 Å². The third-order valence-corrected chi connectivity index (χ3v) is 3.29. The quantitative estimate of drug-likeness (QED) is 0.650. The van der Waals surface area contributed by atoms with Crippen molar-refractivity contribution >= 4 is 12.4 Å². The van der Waals surface area contributed by atoms with Gasteiger partial charge in [0.15, 0.2) is 0 Å². The monoisotopic (exact) mass is 179 g/mol. The Balaban J connectivity index is 0.000000605. The normalized spacial score (nSPS) is 47.5. The molecule has 0 saturated heterocycles. The Morgan fingerprint density at radius 1 is 1.18 bits per heavy atom. The molecule has 2 saturated carbocycles. The molecule has 0 radical (unpaired) electrons. The van der Waals surface area contributed by atoms with Gasteiger partial charge in [-0.1, -0.05) is 0 Å². The van der Waals surface area contributed by atoms with Crippen molar-refractivity contribution in [3.05, 3.63) is 0 Å². The molecule has 1 N–H and O–H groups in total. The molecule has 0 aromatic heterocycles. The van der Waals surface area contributed by atoms with Gasteiger partial charge < -0.3 is 5.32 Å². The Bertz CT molecular complexity index is 152. The van der Waals surface area contributed by atoms with Gasteiger partial charge in [0, 0.05) is 5.54 Å². The molecule has 0 aromatic carbocycles. The molecule has 2 bridgehead atoms. The average Bonchev–Trinajstić information content (AvgIpc) is 2.42. The summed E-state index contributed by atoms with van der Waals surface area (Å²) in [6.45, 7) is 0. The van der Waals surface area contributed by atoms with E-state index in [1.807, 2.05) is 7.05 Å². The number of fused-ring (bicyclic) bond motifs is 2. The minimum Gasteiger partial charge on any atom is -0.314 e. The Hall–Kier alpha value is 0.180. The van der Waals surface area contributed by atoms with E-state index in [1.165, 1.54) is 0 Å². The van der Waals surface area contributed by atoms with Gasteiger partial charge in [0.25, 0.3) is 0 Å². The summed E-state index contributed by atoms with van der Waals surface area (Å²) < 4.78 is 13.5. The molecule has 2 fully saturated rings. The maximum absolute atomic E-state index is 13.5. The summed E-state index contributed by atoms with van der Waals surface area (Å²) in [4.78, 5) is 0. The van der Waals surface area contributed by atoms with Crippen LogP contribution >= 0.6 is 12.4 Å². The van der Waals surface area contributed by atoms with Crippen LogP contribution in [0.3, 0.4) is 0 Å². The van der Waals surface area contributed by atoms with Crippen LogP contribution in [0.2, 0.25) is 0 Å². The fraction of sp³-hybridized carbons (Fsp3) is 1.00. The van der Waals surface area contributed by atoms with E-state index in [-0.39, 0.29) is 17.9 Å². The van der Waals surface area contributed by atoms with Crippen molar-refractivity contribution in [1.29, 1.82) is 0 Å². The first-order valence-corrected chi connectivity index (χ1v) is 4.06. The molecule has 0 unspecified atom stereocenters. The van der Waals surface area contributed by atoms with Crippen molar-refractivity contribution in [3.8, 4) is 0 Å². The standard InChI is InChI=1S/C8H14FN.ClH/c1-10-8-4-2-7(9,6-8)3-5-8;/h10H,2-6H2,1H3;1H. The predicted octanol–water partition coefficient (Wildman–Crippen LogP) is 2.05. The topological polar surface area (TPSA) is 12.0 Å². The molecule has 0 aromatic rings. The van der Waals surface area contributed by atoms with Crippen LogP contribution in [-0.4, -0.2) is 18.3 Å². The second-order valence-electron chi connectivity index (χ2n) is 3.86. The lowest BCUT2D eigenvalue weighted by atomic mass is 9.93. The molecular weight excluding hydrogens is 165 g/mol. The maximum atomic E-state index is 13.5. The fourth-order valence-corrected chi connectivity index (χ4v) is 2.47. The molecule has 0 aliphatic heterocycles. The maximum Gasteiger partial charge on any atom is 0.113 e. The lowest BCUT2D eigenvalue weighted by molar-refractivity contribution is 0.176. The van der Waals surface area contributed by atoms with Gasteiger partial charge >= 0.3 is 0 Å². The summed E-state index contributed by atoms with van der Waals surface area (Å²) in [5.41, 5.74) is -0.599. The number of halogens is 2. The highest BCUT2D eigenvalue weighted by Gasteiger charge is 2.53. The van der Waals surface area contributed by atoms with Crippen LogP contribution in [0.4, 0.5) is 4.39 Å². The first-order chi connectivity index (χ1) is 4.68. The van der Waals surface area contributed by atoms with E-state index in [2.05, 4.69) is 5.32 Å². The molecule has 2 aliphatic carbocycles. The highest BCUT2D eigenvalue weighted by molar-refractivity contribution is 5.85. The Labute approximate surface area is 73.2 Å². The third-order valence-electron chi connectivity index (χ3n) is 3.29. The summed E-state index contributed by atoms with van der Waals surface area (Å²) in [6.07, 6.45) is 4.41. The van der Waals surface area contributed by atoms with Gasteiger partial charge in [0.05, 0.1) is 0 Å². The summed E-state index contributed by atoms with van der Waals surface area (Å²) >= 11 is 0. The Morgan fingerprint density at radius 2 is 1.73 bits per heavy atom. The van der Waals surface area contributed by atoms with Crippen molar-refractivity contribution in [3.63, 3.8) is 0 Å². The molecular formula is C8H15ClFN. The molecule has 3 heteroatoms. The van der Waals surface area contributed by atoms with Gasteiger partial charge in [-0.15, -0.1) is 12.4 Å². The van der Waals surface area contributed by atoms with E-state index in [4.69, 9.17) is 0 Å². The smallest absolute Gasteiger partial charge is 0.113 e. The molecule has 2 rings (SSSR count). The van der Waals surface area contributed by atoms with Crippen LogP contribution in [0.5, 0.6) is 0 Å². The van der Waals surface area contributed by atoms with E-state index in [0.717, 1.165) is 32.1 Å². The van der Waals surface area contributed by atoms with Crippen LogP contribution in [0.15, 0.2) is 0 Å². The zero-order chi connectivity index (χ0) is 7.24. The van der Waals surface area contributed by atoms with E-state index in [9.17, 15) is 4.39 Å². The first-order valence-electron chi connectivity index (χ1n) is 4.06. The number of alkyl halides is 1. The third kappa shape index (κ3) is 1.27. The number of rotatable bonds is 1. The summed E-state index contributed by atoms with van der Waals surface area (Å²) in [6, 6.07) is 0. The highest BCUT2D eigenvalue weighted by atomic mass is 35.5. The van der Waals surface area contributed by atoms with Crippen LogP contribution in [0, 0.1) is 0 Å². The van der Waals surface area contributed by atoms with Crippen molar-refractivity contribution in [2.75, 3.05) is 7.05 Å². The number of hydrogen-bond acceptors (Lipinski definition) is 1. The molecule has 2 aliphatic rings. The molecule has 11 heavy (non-hydrogen) atoms. The highest BCUT2D eigenvalue weighted by Crippen LogP contribution is 2.52. The van der Waals surface area contributed by atoms with Gasteiger partial charge in [-0.05, 0) is 39.2 Å². The van der Waals surface area contributed by atoms with E-state index < -0.39 is 5.67 Å². The Morgan fingerprint density at radius 3 is 1.91 bits per heavy atom. The SMILES string of the molecule is CNC12CCC(F)(CC1)C2.Cl. The first kappa shape index (κ1) is 9.27. The summed E-state index contributed by atoms with van der Waals surface area (Å²) in [7, 11) is 1.96. The number of nitrogens with one attached hydrogen (secondary N) is 1. The van der Waals surface area contributed by atoms with Crippen molar-refractivity contribution in [2.24, 2.45) is 0 Å². The van der Waals surface area contributed by atoms with E-state index in [0.29, 0.717) is 0 Å². The van der Waals surface area contributed by atoms with Crippen molar-refractivity contribution < 1.29 is 4.39 Å². The minimum absolute atomic E-state index is 0. The van der Waals surface area contributed by atoms with Crippen molar-refractivity contribution in [2.45, 2.75) is 43.3 Å².